The number of carbonyl (C=O) groups excluding carboxylic acids is 2. The van der Waals surface area contributed by atoms with Crippen LogP contribution in [-0.4, -0.2) is 59.8 Å². The van der Waals surface area contributed by atoms with Crippen molar-refractivity contribution in [3.63, 3.8) is 0 Å². The van der Waals surface area contributed by atoms with Gasteiger partial charge in [0.2, 0.25) is 5.88 Å². The number of ether oxygens (including phenoxy) is 1. The number of nitrogens with one attached hydrogen (secondary N) is 1. The lowest BCUT2D eigenvalue weighted by Crippen LogP contribution is -2.49. The Balaban J connectivity index is 1.28. The molecule has 1 aliphatic heterocycles. The Labute approximate surface area is 205 Å². The number of rotatable bonds is 7. The van der Waals surface area contributed by atoms with Gasteiger partial charge < -0.3 is 19.9 Å². The van der Waals surface area contributed by atoms with E-state index in [0.717, 1.165) is 37.0 Å². The summed E-state index contributed by atoms with van der Waals surface area (Å²) in [6, 6.07) is 6.14. The summed E-state index contributed by atoms with van der Waals surface area (Å²) in [7, 11) is 0. The lowest BCUT2D eigenvalue weighted by atomic mass is 10.1. The highest BCUT2D eigenvalue weighted by Gasteiger charge is 2.37. The Kier molecular flexibility index (Phi) is 7.63. The minimum Gasteiger partial charge on any atom is -0.390 e. The third kappa shape index (κ3) is 6.74. The second-order valence-corrected chi connectivity index (χ2v) is 9.04. The fourth-order valence-electron chi connectivity index (χ4n) is 3.90. The fraction of sp³-hybridized carbons (Fsp3) is 0.478. The number of piperazine rings is 1. The number of halogens is 4. The van der Waals surface area contributed by atoms with Crippen LogP contribution in [0.4, 0.5) is 23.8 Å². The second-order valence-electron chi connectivity index (χ2n) is 8.60. The monoisotopic (exact) mass is 511 g/mol. The SMILES string of the molecule is O=C(NCCCC1CC1)Oc1ccc(N2CCN(C(=O)c3cc(Cl)ccc3C(F)(F)F)CC2)nn1. The van der Waals surface area contributed by atoms with Gasteiger partial charge in [-0.05, 0) is 43.0 Å². The van der Waals surface area contributed by atoms with Gasteiger partial charge >= 0.3 is 12.3 Å². The predicted octanol–water partition coefficient (Wildman–Crippen LogP) is 4.39. The van der Waals surface area contributed by atoms with Gasteiger partial charge in [-0.25, -0.2) is 4.79 Å². The molecular formula is C23H25ClF3N5O3. The second kappa shape index (κ2) is 10.7. The molecule has 2 heterocycles. The Morgan fingerprint density at radius 2 is 1.83 bits per heavy atom. The smallest absolute Gasteiger partial charge is 0.390 e. The minimum absolute atomic E-state index is 0.0582. The van der Waals surface area contributed by atoms with Crippen LogP contribution in [0, 0.1) is 5.92 Å². The number of benzene rings is 1. The zero-order valence-corrected chi connectivity index (χ0v) is 19.6. The van der Waals surface area contributed by atoms with Crippen molar-refractivity contribution < 1.29 is 27.5 Å². The molecule has 12 heteroatoms. The van der Waals surface area contributed by atoms with E-state index in [1.807, 2.05) is 4.90 Å². The van der Waals surface area contributed by atoms with Crippen LogP contribution < -0.4 is 15.0 Å². The highest BCUT2D eigenvalue weighted by atomic mass is 35.5. The number of nitrogens with zero attached hydrogens (tertiary/aromatic N) is 4. The van der Waals surface area contributed by atoms with Crippen molar-refractivity contribution in [1.82, 2.24) is 20.4 Å². The molecule has 0 bridgehead atoms. The number of amides is 2. The molecule has 4 rings (SSSR count). The first-order valence-corrected chi connectivity index (χ1v) is 11.8. The Morgan fingerprint density at radius 3 is 2.46 bits per heavy atom. The molecule has 0 radical (unpaired) electrons. The van der Waals surface area contributed by atoms with Crippen molar-refractivity contribution in [2.75, 3.05) is 37.6 Å². The third-order valence-electron chi connectivity index (χ3n) is 5.99. The molecule has 0 atom stereocenters. The maximum absolute atomic E-state index is 13.3. The molecule has 1 aromatic heterocycles. The molecule has 0 spiro atoms. The summed E-state index contributed by atoms with van der Waals surface area (Å²) in [5.41, 5.74) is -1.48. The summed E-state index contributed by atoms with van der Waals surface area (Å²) in [5, 5.41) is 10.7. The third-order valence-corrected chi connectivity index (χ3v) is 6.22. The Bertz CT molecular complexity index is 1060. The van der Waals surface area contributed by atoms with Crippen LogP contribution >= 0.6 is 11.6 Å². The van der Waals surface area contributed by atoms with Crippen LogP contribution in [0.5, 0.6) is 5.88 Å². The van der Waals surface area contributed by atoms with Gasteiger partial charge in [-0.15, -0.1) is 10.2 Å². The number of carbonyl (C=O) groups is 2. The molecule has 1 aromatic carbocycles. The molecule has 1 saturated carbocycles. The normalized spacial score (nSPS) is 16.2. The van der Waals surface area contributed by atoms with E-state index in [-0.39, 0.29) is 24.0 Å². The molecular weight excluding hydrogens is 487 g/mol. The lowest BCUT2D eigenvalue weighted by Gasteiger charge is -2.35. The van der Waals surface area contributed by atoms with Gasteiger partial charge in [0, 0.05) is 43.8 Å². The summed E-state index contributed by atoms with van der Waals surface area (Å²) in [6.07, 6.45) is -0.680. The standard InChI is InChI=1S/C23H25ClF3N5O3/c24-16-5-6-18(23(25,26)27)17(14-16)21(33)32-12-10-31(11-13-32)19-7-8-20(30-29-19)35-22(34)28-9-1-2-15-3-4-15/h5-8,14-15H,1-4,9-13H2,(H,28,34). The van der Waals surface area contributed by atoms with E-state index in [0.29, 0.717) is 25.5 Å². The molecule has 8 nitrogen and oxygen atoms in total. The van der Waals surface area contributed by atoms with Gasteiger partial charge in [0.05, 0.1) is 11.1 Å². The minimum atomic E-state index is -4.66. The van der Waals surface area contributed by atoms with Crippen LogP contribution in [0.15, 0.2) is 30.3 Å². The first kappa shape index (κ1) is 25.0. The van der Waals surface area contributed by atoms with Gasteiger partial charge in [-0.2, -0.15) is 13.2 Å². The van der Waals surface area contributed by atoms with Crippen LogP contribution in [0.2, 0.25) is 5.02 Å². The maximum Gasteiger partial charge on any atom is 0.417 e. The van der Waals surface area contributed by atoms with Crippen molar-refractivity contribution in [1.29, 1.82) is 0 Å². The van der Waals surface area contributed by atoms with E-state index in [9.17, 15) is 22.8 Å². The number of hydrogen-bond donors (Lipinski definition) is 1. The summed E-state index contributed by atoms with van der Waals surface area (Å²) < 4.78 is 45.1. The summed E-state index contributed by atoms with van der Waals surface area (Å²) in [6.45, 7) is 1.65. The van der Waals surface area contributed by atoms with Gasteiger partial charge in [0.1, 0.15) is 0 Å². The molecule has 1 saturated heterocycles. The van der Waals surface area contributed by atoms with Crippen LogP contribution in [0.25, 0.3) is 0 Å². The zero-order chi connectivity index (χ0) is 25.0. The molecule has 2 aromatic rings. The molecule has 2 fully saturated rings. The molecule has 2 amide bonds. The van der Waals surface area contributed by atoms with Crippen molar-refractivity contribution >= 4 is 29.4 Å². The summed E-state index contributed by atoms with van der Waals surface area (Å²) >= 11 is 5.85. The quantitative estimate of drug-likeness (QED) is 0.555. The largest absolute Gasteiger partial charge is 0.417 e. The number of aromatic nitrogens is 2. The highest BCUT2D eigenvalue weighted by Crippen LogP contribution is 2.34. The topological polar surface area (TPSA) is 87.7 Å². The Hall–Kier alpha value is -3.08. The van der Waals surface area contributed by atoms with Gasteiger partial charge in [-0.3, -0.25) is 4.79 Å². The van der Waals surface area contributed by atoms with Crippen molar-refractivity contribution in [3.8, 4) is 5.88 Å². The van der Waals surface area contributed by atoms with E-state index in [1.54, 1.807) is 6.07 Å². The Morgan fingerprint density at radius 1 is 1.09 bits per heavy atom. The first-order chi connectivity index (χ1) is 16.7. The predicted molar refractivity (Wildman–Crippen MR) is 123 cm³/mol. The number of hydrogen-bond acceptors (Lipinski definition) is 6. The van der Waals surface area contributed by atoms with E-state index in [1.165, 1.54) is 23.8 Å². The van der Waals surface area contributed by atoms with E-state index in [2.05, 4.69) is 15.5 Å². The van der Waals surface area contributed by atoms with Crippen LogP contribution in [0.3, 0.4) is 0 Å². The van der Waals surface area contributed by atoms with Gasteiger partial charge in [0.15, 0.2) is 5.82 Å². The number of alkyl halides is 3. The molecule has 188 valence electrons. The molecule has 35 heavy (non-hydrogen) atoms. The molecule has 1 aliphatic carbocycles. The lowest BCUT2D eigenvalue weighted by molar-refractivity contribution is -0.138. The van der Waals surface area contributed by atoms with Crippen LogP contribution in [-0.2, 0) is 6.18 Å². The summed E-state index contributed by atoms with van der Waals surface area (Å²) in [4.78, 5) is 27.9. The average Bonchev–Trinajstić information content (AvgIpc) is 3.66. The summed E-state index contributed by atoms with van der Waals surface area (Å²) in [5.74, 6) is 0.647. The fourth-order valence-corrected chi connectivity index (χ4v) is 4.08. The molecule has 0 unspecified atom stereocenters. The van der Waals surface area contributed by atoms with E-state index >= 15 is 0 Å². The van der Waals surface area contributed by atoms with Crippen LogP contribution in [0.1, 0.15) is 41.6 Å². The van der Waals surface area contributed by atoms with E-state index in [4.69, 9.17) is 16.3 Å². The highest BCUT2D eigenvalue weighted by molar-refractivity contribution is 6.31. The van der Waals surface area contributed by atoms with Crippen molar-refractivity contribution in [3.05, 3.63) is 46.5 Å². The maximum atomic E-state index is 13.3. The zero-order valence-electron chi connectivity index (χ0n) is 18.9. The van der Waals surface area contributed by atoms with Gasteiger partial charge in [0.25, 0.3) is 5.91 Å². The first-order valence-electron chi connectivity index (χ1n) is 11.4. The van der Waals surface area contributed by atoms with Crippen molar-refractivity contribution in [2.24, 2.45) is 5.92 Å². The van der Waals surface area contributed by atoms with Crippen molar-refractivity contribution in [2.45, 2.75) is 31.9 Å². The molecule has 2 aliphatic rings. The number of anilines is 1. The molecule has 1 N–H and O–H groups in total. The van der Waals surface area contributed by atoms with Gasteiger partial charge in [-0.1, -0.05) is 24.4 Å². The van der Waals surface area contributed by atoms with E-state index < -0.39 is 29.3 Å². The average molecular weight is 512 g/mol.